The molecule has 0 saturated heterocycles. The molecule has 0 fully saturated rings. The largest absolute Gasteiger partial charge is 0.360 e. The van der Waals surface area contributed by atoms with Crippen molar-refractivity contribution in [3.63, 3.8) is 0 Å². The maximum Gasteiger partial charge on any atom is 0.239 e. The second-order valence-electron chi connectivity index (χ2n) is 4.32. The highest BCUT2D eigenvalue weighted by Crippen LogP contribution is 2.10. The van der Waals surface area contributed by atoms with Gasteiger partial charge in [-0.3, -0.25) is 9.78 Å². The van der Waals surface area contributed by atoms with Gasteiger partial charge in [0.2, 0.25) is 5.91 Å². The summed E-state index contributed by atoms with van der Waals surface area (Å²) in [5.74, 6) is 0.549. The van der Waals surface area contributed by atoms with Crippen molar-refractivity contribution in [3.05, 3.63) is 30.5 Å². The molecule has 1 aromatic carbocycles. The van der Waals surface area contributed by atoms with Crippen molar-refractivity contribution in [1.29, 1.82) is 0 Å². The first-order valence-corrected chi connectivity index (χ1v) is 5.90. The fourth-order valence-electron chi connectivity index (χ4n) is 1.59. The van der Waals surface area contributed by atoms with Gasteiger partial charge in [-0.1, -0.05) is 12.1 Å². The summed E-state index contributed by atoms with van der Waals surface area (Å²) < 4.78 is 0. The molecule has 5 heteroatoms. The first-order chi connectivity index (χ1) is 8.65. The minimum absolute atomic E-state index is 0.0556. The topological polar surface area (TPSA) is 66.9 Å². The van der Waals surface area contributed by atoms with Crippen molar-refractivity contribution in [2.75, 3.05) is 11.9 Å². The second-order valence-corrected chi connectivity index (χ2v) is 4.32. The summed E-state index contributed by atoms with van der Waals surface area (Å²) in [7, 11) is 0. The molecule has 2 rings (SSSR count). The Morgan fingerprint density at radius 2 is 2.00 bits per heavy atom. The summed E-state index contributed by atoms with van der Waals surface area (Å²) in [5.41, 5.74) is 1.65. The summed E-state index contributed by atoms with van der Waals surface area (Å²) in [5, 5.41) is 5.76. The van der Waals surface area contributed by atoms with Crippen LogP contribution in [-0.2, 0) is 4.79 Å². The summed E-state index contributed by atoms with van der Waals surface area (Å²) in [6.45, 7) is 4.05. The van der Waals surface area contributed by atoms with Crippen molar-refractivity contribution in [2.45, 2.75) is 19.9 Å². The van der Waals surface area contributed by atoms with E-state index in [9.17, 15) is 4.79 Å². The zero-order valence-electron chi connectivity index (χ0n) is 10.5. The number of hydrogen-bond acceptors (Lipinski definition) is 4. The minimum Gasteiger partial charge on any atom is -0.360 e. The van der Waals surface area contributed by atoms with Crippen LogP contribution in [0.3, 0.4) is 0 Å². The van der Waals surface area contributed by atoms with E-state index in [0.717, 1.165) is 11.0 Å². The number of rotatable bonds is 4. The molecule has 2 aromatic rings. The molecule has 0 saturated carbocycles. The molecule has 0 aliphatic rings. The van der Waals surface area contributed by atoms with Gasteiger partial charge < -0.3 is 10.6 Å². The van der Waals surface area contributed by atoms with Gasteiger partial charge in [-0.05, 0) is 26.0 Å². The van der Waals surface area contributed by atoms with Gasteiger partial charge in [-0.25, -0.2) is 4.98 Å². The van der Waals surface area contributed by atoms with E-state index in [1.165, 1.54) is 0 Å². The van der Waals surface area contributed by atoms with Crippen LogP contribution in [0.5, 0.6) is 0 Å². The zero-order valence-corrected chi connectivity index (χ0v) is 10.5. The number of nitrogens with zero attached hydrogens (tertiary/aromatic N) is 2. The molecule has 1 amide bonds. The van der Waals surface area contributed by atoms with E-state index in [1.807, 2.05) is 38.1 Å². The van der Waals surface area contributed by atoms with Gasteiger partial charge in [-0.15, -0.1) is 0 Å². The third-order valence-corrected chi connectivity index (χ3v) is 2.33. The van der Waals surface area contributed by atoms with Gasteiger partial charge in [0.1, 0.15) is 5.82 Å². The number of aromatic nitrogens is 2. The second kappa shape index (κ2) is 5.44. The number of fused-ring (bicyclic) bond motifs is 1. The first-order valence-electron chi connectivity index (χ1n) is 5.90. The van der Waals surface area contributed by atoms with E-state index >= 15 is 0 Å². The molecule has 0 aliphatic carbocycles. The third kappa shape index (κ3) is 3.16. The number of hydrogen-bond donors (Lipinski definition) is 2. The third-order valence-electron chi connectivity index (χ3n) is 2.33. The molecular formula is C13H16N4O. The fourth-order valence-corrected chi connectivity index (χ4v) is 1.59. The van der Waals surface area contributed by atoms with Crippen LogP contribution in [0.2, 0.25) is 0 Å². The molecule has 94 valence electrons. The Morgan fingerprint density at radius 1 is 1.28 bits per heavy atom. The predicted molar refractivity (Wildman–Crippen MR) is 71.3 cm³/mol. The van der Waals surface area contributed by atoms with E-state index in [0.29, 0.717) is 5.82 Å². The lowest BCUT2D eigenvalue weighted by molar-refractivity contribution is -0.119. The maximum absolute atomic E-state index is 11.5. The lowest BCUT2D eigenvalue weighted by Gasteiger charge is -2.09. The van der Waals surface area contributed by atoms with Crippen LogP contribution < -0.4 is 10.6 Å². The highest BCUT2D eigenvalue weighted by molar-refractivity contribution is 5.81. The van der Waals surface area contributed by atoms with E-state index in [2.05, 4.69) is 20.6 Å². The quantitative estimate of drug-likeness (QED) is 0.856. The van der Waals surface area contributed by atoms with E-state index < -0.39 is 0 Å². The molecule has 18 heavy (non-hydrogen) atoms. The summed E-state index contributed by atoms with van der Waals surface area (Å²) in [6, 6.07) is 7.76. The number of carbonyl (C=O) groups is 1. The highest BCUT2D eigenvalue weighted by Gasteiger charge is 2.04. The number of para-hydroxylation sites is 2. The molecule has 0 bridgehead atoms. The number of anilines is 1. The summed E-state index contributed by atoms with van der Waals surface area (Å²) >= 11 is 0. The Hall–Kier alpha value is -2.17. The van der Waals surface area contributed by atoms with Crippen molar-refractivity contribution in [1.82, 2.24) is 15.3 Å². The van der Waals surface area contributed by atoms with Gasteiger partial charge in [0, 0.05) is 6.04 Å². The van der Waals surface area contributed by atoms with Crippen LogP contribution in [0.25, 0.3) is 11.0 Å². The number of carbonyl (C=O) groups excluding carboxylic acids is 1. The molecule has 2 N–H and O–H groups in total. The van der Waals surface area contributed by atoms with Gasteiger partial charge in [0.05, 0.1) is 23.8 Å². The summed E-state index contributed by atoms with van der Waals surface area (Å²) in [6.07, 6.45) is 1.63. The SMILES string of the molecule is CC(C)NC(=O)CNc1cnc2ccccc2n1. The van der Waals surface area contributed by atoms with Crippen LogP contribution in [0.4, 0.5) is 5.82 Å². The van der Waals surface area contributed by atoms with Crippen molar-refractivity contribution in [3.8, 4) is 0 Å². The average Bonchev–Trinajstić information content (AvgIpc) is 2.35. The molecule has 0 unspecified atom stereocenters. The van der Waals surface area contributed by atoms with Crippen LogP contribution >= 0.6 is 0 Å². The normalized spacial score (nSPS) is 10.6. The van der Waals surface area contributed by atoms with Crippen molar-refractivity contribution >= 4 is 22.8 Å². The minimum atomic E-state index is -0.0556. The highest BCUT2D eigenvalue weighted by atomic mass is 16.1. The van der Waals surface area contributed by atoms with Gasteiger partial charge in [0.25, 0.3) is 0 Å². The monoisotopic (exact) mass is 244 g/mol. The van der Waals surface area contributed by atoms with Crippen LogP contribution in [0.15, 0.2) is 30.5 Å². The Bertz CT molecular complexity index is 553. The molecule has 0 radical (unpaired) electrons. The molecule has 5 nitrogen and oxygen atoms in total. The Kier molecular flexibility index (Phi) is 3.72. The lowest BCUT2D eigenvalue weighted by Crippen LogP contribution is -2.34. The van der Waals surface area contributed by atoms with Crippen molar-refractivity contribution in [2.24, 2.45) is 0 Å². The van der Waals surface area contributed by atoms with E-state index in [4.69, 9.17) is 0 Å². The number of amides is 1. The van der Waals surface area contributed by atoms with Crippen molar-refractivity contribution < 1.29 is 4.79 Å². The van der Waals surface area contributed by atoms with Crippen LogP contribution in [0.1, 0.15) is 13.8 Å². The first kappa shape index (κ1) is 12.3. The molecule has 0 aliphatic heterocycles. The molecule has 1 aromatic heterocycles. The fraction of sp³-hybridized carbons (Fsp3) is 0.308. The molecule has 0 atom stereocenters. The predicted octanol–water partition coefficient (Wildman–Crippen LogP) is 1.57. The molecule has 0 spiro atoms. The molecular weight excluding hydrogens is 228 g/mol. The van der Waals surface area contributed by atoms with E-state index in [-0.39, 0.29) is 18.5 Å². The summed E-state index contributed by atoms with van der Waals surface area (Å²) in [4.78, 5) is 20.1. The van der Waals surface area contributed by atoms with Crippen LogP contribution in [-0.4, -0.2) is 28.5 Å². The van der Waals surface area contributed by atoms with Crippen LogP contribution in [0, 0.1) is 0 Å². The van der Waals surface area contributed by atoms with Gasteiger partial charge in [-0.2, -0.15) is 0 Å². The van der Waals surface area contributed by atoms with Gasteiger partial charge in [0.15, 0.2) is 0 Å². The van der Waals surface area contributed by atoms with Gasteiger partial charge >= 0.3 is 0 Å². The maximum atomic E-state index is 11.5. The average molecular weight is 244 g/mol. The molecule has 1 heterocycles. The standard InChI is InChI=1S/C13H16N4O/c1-9(2)16-13(18)8-15-12-7-14-10-5-3-4-6-11(10)17-12/h3-7,9H,8H2,1-2H3,(H,15,17)(H,16,18). The lowest BCUT2D eigenvalue weighted by atomic mass is 10.3. The zero-order chi connectivity index (χ0) is 13.0. The Morgan fingerprint density at radius 3 is 2.72 bits per heavy atom. The smallest absolute Gasteiger partial charge is 0.239 e. The Labute approximate surface area is 106 Å². The number of benzene rings is 1. The van der Waals surface area contributed by atoms with E-state index in [1.54, 1.807) is 6.20 Å². The Balaban J connectivity index is 2.01. The number of nitrogens with one attached hydrogen (secondary N) is 2.